The van der Waals surface area contributed by atoms with Crippen molar-refractivity contribution in [2.24, 2.45) is 11.5 Å². The molecule has 0 spiro atoms. The highest BCUT2D eigenvalue weighted by atomic mass is 16.1. The summed E-state index contributed by atoms with van der Waals surface area (Å²) in [6.45, 7) is 1.96. The summed E-state index contributed by atoms with van der Waals surface area (Å²) in [7, 11) is 0. The molecule has 0 bridgehead atoms. The minimum absolute atomic E-state index is 0.105. The Bertz CT molecular complexity index is 184. The van der Waals surface area contributed by atoms with Gasteiger partial charge in [0.15, 0.2) is 0 Å². The van der Waals surface area contributed by atoms with E-state index in [-0.39, 0.29) is 6.54 Å². The SMILES string of the molecule is C/C=C\C(=C\N)NCC(N)=O. The van der Waals surface area contributed by atoms with E-state index in [1.165, 1.54) is 6.20 Å². The van der Waals surface area contributed by atoms with Crippen LogP contribution in [0.25, 0.3) is 0 Å². The Morgan fingerprint density at radius 2 is 2.27 bits per heavy atom. The van der Waals surface area contributed by atoms with Crippen LogP contribution in [0.5, 0.6) is 0 Å². The lowest BCUT2D eigenvalue weighted by molar-refractivity contribution is -0.117. The third-order valence-corrected chi connectivity index (χ3v) is 0.993. The summed E-state index contributed by atoms with van der Waals surface area (Å²) in [6, 6.07) is 0. The van der Waals surface area contributed by atoms with Gasteiger partial charge >= 0.3 is 0 Å². The minimum atomic E-state index is -0.408. The van der Waals surface area contributed by atoms with Gasteiger partial charge in [0.25, 0.3) is 0 Å². The molecule has 0 aromatic heterocycles. The van der Waals surface area contributed by atoms with E-state index in [4.69, 9.17) is 11.5 Å². The first-order chi connectivity index (χ1) is 5.20. The fourth-order valence-electron chi connectivity index (χ4n) is 0.542. The van der Waals surface area contributed by atoms with E-state index in [2.05, 4.69) is 5.32 Å². The summed E-state index contributed by atoms with van der Waals surface area (Å²) in [5.41, 5.74) is 10.8. The second kappa shape index (κ2) is 5.34. The van der Waals surface area contributed by atoms with Gasteiger partial charge in [-0.25, -0.2) is 0 Å². The molecule has 0 aromatic rings. The average Bonchev–Trinajstić information content (AvgIpc) is 1.97. The van der Waals surface area contributed by atoms with E-state index < -0.39 is 5.91 Å². The van der Waals surface area contributed by atoms with E-state index in [1.54, 1.807) is 6.08 Å². The van der Waals surface area contributed by atoms with Gasteiger partial charge in [-0.15, -0.1) is 0 Å². The van der Waals surface area contributed by atoms with Gasteiger partial charge in [0.2, 0.25) is 5.91 Å². The molecule has 0 fully saturated rings. The van der Waals surface area contributed by atoms with Gasteiger partial charge < -0.3 is 16.8 Å². The molecular formula is C7H13N3O. The summed E-state index contributed by atoms with van der Waals surface area (Å²) in [5.74, 6) is -0.408. The molecule has 4 nitrogen and oxygen atoms in total. The van der Waals surface area contributed by atoms with E-state index in [0.717, 1.165) is 0 Å². The predicted molar refractivity (Wildman–Crippen MR) is 44.3 cm³/mol. The number of hydrogen-bond acceptors (Lipinski definition) is 3. The molecular weight excluding hydrogens is 142 g/mol. The van der Waals surface area contributed by atoms with Gasteiger partial charge in [-0.3, -0.25) is 4.79 Å². The van der Waals surface area contributed by atoms with Gasteiger partial charge in [0.05, 0.1) is 6.54 Å². The molecule has 11 heavy (non-hydrogen) atoms. The van der Waals surface area contributed by atoms with Crippen molar-refractivity contribution in [3.8, 4) is 0 Å². The monoisotopic (exact) mass is 155 g/mol. The van der Waals surface area contributed by atoms with Crippen LogP contribution in [0, 0.1) is 0 Å². The zero-order valence-corrected chi connectivity index (χ0v) is 6.50. The quantitative estimate of drug-likeness (QED) is 0.476. The number of primary amides is 1. The molecule has 0 radical (unpaired) electrons. The maximum atomic E-state index is 10.3. The first kappa shape index (κ1) is 9.55. The Hall–Kier alpha value is -1.45. The standard InChI is InChI=1S/C7H13N3O/c1-2-3-6(4-8)10-5-7(9)11/h2-4,10H,5,8H2,1H3,(H2,9,11)/b3-2-,6-4-. The Morgan fingerprint density at radius 3 is 2.64 bits per heavy atom. The Morgan fingerprint density at radius 1 is 1.64 bits per heavy atom. The maximum absolute atomic E-state index is 10.3. The first-order valence-electron chi connectivity index (χ1n) is 3.27. The molecule has 0 atom stereocenters. The summed E-state index contributed by atoms with van der Waals surface area (Å²) in [6.07, 6.45) is 4.94. The first-order valence-corrected chi connectivity index (χ1v) is 3.27. The van der Waals surface area contributed by atoms with Crippen molar-refractivity contribution in [1.82, 2.24) is 5.32 Å². The zero-order valence-electron chi connectivity index (χ0n) is 6.50. The largest absolute Gasteiger partial charge is 0.403 e. The molecule has 0 heterocycles. The van der Waals surface area contributed by atoms with Crippen LogP contribution < -0.4 is 16.8 Å². The number of carbonyl (C=O) groups is 1. The van der Waals surface area contributed by atoms with Crippen molar-refractivity contribution in [2.75, 3.05) is 6.54 Å². The Balaban J connectivity index is 3.81. The highest BCUT2D eigenvalue weighted by molar-refractivity contribution is 5.76. The summed E-state index contributed by atoms with van der Waals surface area (Å²) in [4.78, 5) is 10.3. The topological polar surface area (TPSA) is 81.1 Å². The van der Waals surface area contributed by atoms with E-state index in [0.29, 0.717) is 5.70 Å². The van der Waals surface area contributed by atoms with Crippen LogP contribution in [0.4, 0.5) is 0 Å². The van der Waals surface area contributed by atoms with Crippen LogP contribution in [0.3, 0.4) is 0 Å². The molecule has 5 N–H and O–H groups in total. The highest BCUT2D eigenvalue weighted by Gasteiger charge is 1.92. The van der Waals surface area contributed by atoms with Gasteiger partial charge in [0, 0.05) is 11.9 Å². The van der Waals surface area contributed by atoms with Gasteiger partial charge in [0.1, 0.15) is 0 Å². The molecule has 0 saturated carbocycles. The van der Waals surface area contributed by atoms with E-state index in [9.17, 15) is 4.79 Å². The second-order valence-electron chi connectivity index (χ2n) is 1.94. The lowest BCUT2D eigenvalue weighted by Gasteiger charge is -2.01. The predicted octanol–water partition coefficient (Wildman–Crippen LogP) is -0.562. The van der Waals surface area contributed by atoms with Crippen molar-refractivity contribution in [3.63, 3.8) is 0 Å². The number of amides is 1. The average molecular weight is 155 g/mol. The van der Waals surface area contributed by atoms with Crippen molar-refractivity contribution >= 4 is 5.91 Å². The van der Waals surface area contributed by atoms with Gasteiger partial charge in [-0.1, -0.05) is 6.08 Å². The van der Waals surface area contributed by atoms with Crippen LogP contribution in [-0.4, -0.2) is 12.5 Å². The molecule has 1 amide bonds. The molecule has 0 aliphatic carbocycles. The Labute approximate surface area is 65.9 Å². The zero-order chi connectivity index (χ0) is 8.69. The van der Waals surface area contributed by atoms with Crippen molar-refractivity contribution in [1.29, 1.82) is 0 Å². The molecule has 0 rings (SSSR count). The summed E-state index contributed by atoms with van der Waals surface area (Å²) >= 11 is 0. The number of hydrogen-bond donors (Lipinski definition) is 3. The van der Waals surface area contributed by atoms with Crippen molar-refractivity contribution in [3.05, 3.63) is 24.0 Å². The maximum Gasteiger partial charge on any atom is 0.236 e. The van der Waals surface area contributed by atoms with E-state index >= 15 is 0 Å². The smallest absolute Gasteiger partial charge is 0.236 e. The van der Waals surface area contributed by atoms with Gasteiger partial charge in [-0.2, -0.15) is 0 Å². The van der Waals surface area contributed by atoms with Gasteiger partial charge in [-0.05, 0) is 13.0 Å². The Kier molecular flexibility index (Phi) is 4.64. The van der Waals surface area contributed by atoms with Crippen LogP contribution >= 0.6 is 0 Å². The molecule has 0 aliphatic heterocycles. The van der Waals surface area contributed by atoms with Crippen molar-refractivity contribution in [2.45, 2.75) is 6.92 Å². The van der Waals surface area contributed by atoms with Crippen LogP contribution in [0.15, 0.2) is 24.0 Å². The summed E-state index contributed by atoms with van der Waals surface area (Å²) in [5, 5.41) is 2.74. The van der Waals surface area contributed by atoms with Crippen LogP contribution in [0.1, 0.15) is 6.92 Å². The lowest BCUT2D eigenvalue weighted by Crippen LogP contribution is -2.27. The number of allylic oxidation sites excluding steroid dienone is 2. The minimum Gasteiger partial charge on any atom is -0.403 e. The fourth-order valence-corrected chi connectivity index (χ4v) is 0.542. The van der Waals surface area contributed by atoms with Crippen LogP contribution in [0.2, 0.25) is 0 Å². The molecule has 0 aliphatic rings. The summed E-state index contributed by atoms with van der Waals surface area (Å²) < 4.78 is 0. The molecule has 0 saturated heterocycles. The third kappa shape index (κ3) is 5.02. The van der Waals surface area contributed by atoms with Crippen LogP contribution in [-0.2, 0) is 4.79 Å². The molecule has 0 aromatic carbocycles. The number of nitrogens with two attached hydrogens (primary N) is 2. The van der Waals surface area contributed by atoms with Crippen molar-refractivity contribution < 1.29 is 4.79 Å². The normalized spacial score (nSPS) is 11.9. The number of nitrogens with one attached hydrogen (secondary N) is 1. The number of rotatable bonds is 4. The molecule has 4 heteroatoms. The fraction of sp³-hybridized carbons (Fsp3) is 0.286. The molecule has 62 valence electrons. The molecule has 0 unspecified atom stereocenters. The number of carbonyl (C=O) groups excluding carboxylic acids is 1. The van der Waals surface area contributed by atoms with E-state index in [1.807, 2.05) is 13.0 Å². The third-order valence-electron chi connectivity index (χ3n) is 0.993. The lowest BCUT2D eigenvalue weighted by atomic mass is 10.4. The second-order valence-corrected chi connectivity index (χ2v) is 1.94. The highest BCUT2D eigenvalue weighted by Crippen LogP contribution is 1.86.